The molecule has 2 aromatic heterocycles. The van der Waals surface area contributed by atoms with E-state index in [1.54, 1.807) is 7.05 Å². The molecule has 0 aromatic carbocycles. The van der Waals surface area contributed by atoms with Crippen LogP contribution in [-0.2, 0) is 13.6 Å². The lowest BCUT2D eigenvalue weighted by Gasteiger charge is -2.00. The Balaban J connectivity index is 2.07. The molecule has 0 aliphatic heterocycles. The summed E-state index contributed by atoms with van der Waals surface area (Å²) in [7, 11) is 1.67. The standard InChI is InChI=1S/C8H12N8O/c1-15-8(10-5-11-15)12-7(17)6-4-16(3-2-9)14-13-6/h4-5H,2-3,9H2,1H3,(H,10,11,12,17). The van der Waals surface area contributed by atoms with Gasteiger partial charge in [0.2, 0.25) is 5.95 Å². The smallest absolute Gasteiger partial charge is 0.280 e. The van der Waals surface area contributed by atoms with Crippen LogP contribution in [0, 0.1) is 0 Å². The molecule has 17 heavy (non-hydrogen) atoms. The van der Waals surface area contributed by atoms with Gasteiger partial charge in [0, 0.05) is 13.6 Å². The van der Waals surface area contributed by atoms with Gasteiger partial charge in [-0.25, -0.2) is 4.68 Å². The van der Waals surface area contributed by atoms with Gasteiger partial charge in [-0.15, -0.1) is 5.10 Å². The molecule has 9 heteroatoms. The molecule has 0 bridgehead atoms. The number of carbonyl (C=O) groups excluding carboxylic acids is 1. The van der Waals surface area contributed by atoms with Crippen LogP contribution in [0.15, 0.2) is 12.5 Å². The van der Waals surface area contributed by atoms with Crippen molar-refractivity contribution in [3.05, 3.63) is 18.2 Å². The summed E-state index contributed by atoms with van der Waals surface area (Å²) >= 11 is 0. The van der Waals surface area contributed by atoms with Crippen molar-refractivity contribution in [3.8, 4) is 0 Å². The number of nitrogens with zero attached hydrogens (tertiary/aromatic N) is 6. The fourth-order valence-electron chi connectivity index (χ4n) is 1.22. The zero-order valence-corrected chi connectivity index (χ0v) is 9.24. The minimum Gasteiger partial charge on any atom is -0.329 e. The van der Waals surface area contributed by atoms with Crippen molar-refractivity contribution in [1.82, 2.24) is 29.8 Å². The third-order valence-corrected chi connectivity index (χ3v) is 2.07. The quantitative estimate of drug-likeness (QED) is 0.675. The van der Waals surface area contributed by atoms with Crippen LogP contribution in [0.2, 0.25) is 0 Å². The predicted octanol–water partition coefficient (Wildman–Crippen LogP) is -1.38. The second-order valence-corrected chi connectivity index (χ2v) is 3.32. The van der Waals surface area contributed by atoms with Gasteiger partial charge in [-0.3, -0.25) is 14.8 Å². The van der Waals surface area contributed by atoms with Crippen LogP contribution in [0.5, 0.6) is 0 Å². The van der Waals surface area contributed by atoms with E-state index in [9.17, 15) is 4.79 Å². The van der Waals surface area contributed by atoms with Gasteiger partial charge in [-0.2, -0.15) is 10.1 Å². The highest BCUT2D eigenvalue weighted by molar-refractivity contribution is 6.01. The van der Waals surface area contributed by atoms with E-state index in [0.717, 1.165) is 0 Å². The number of aromatic nitrogens is 6. The lowest BCUT2D eigenvalue weighted by atomic mass is 10.4. The third kappa shape index (κ3) is 2.45. The molecule has 2 aromatic rings. The maximum absolute atomic E-state index is 11.7. The van der Waals surface area contributed by atoms with Crippen molar-refractivity contribution in [2.45, 2.75) is 6.54 Å². The molecule has 2 rings (SSSR count). The molecule has 3 N–H and O–H groups in total. The highest BCUT2D eigenvalue weighted by Gasteiger charge is 2.13. The number of rotatable bonds is 4. The van der Waals surface area contributed by atoms with E-state index in [2.05, 4.69) is 25.7 Å². The van der Waals surface area contributed by atoms with E-state index in [4.69, 9.17) is 5.73 Å². The van der Waals surface area contributed by atoms with E-state index >= 15 is 0 Å². The molecule has 9 nitrogen and oxygen atoms in total. The number of anilines is 1. The molecule has 0 saturated carbocycles. The van der Waals surface area contributed by atoms with Crippen LogP contribution in [0.25, 0.3) is 0 Å². The molecule has 2 heterocycles. The topological polar surface area (TPSA) is 117 Å². The van der Waals surface area contributed by atoms with E-state index in [-0.39, 0.29) is 11.6 Å². The monoisotopic (exact) mass is 236 g/mol. The van der Waals surface area contributed by atoms with Gasteiger partial charge >= 0.3 is 0 Å². The zero-order valence-electron chi connectivity index (χ0n) is 9.24. The molecule has 0 unspecified atom stereocenters. The molecular weight excluding hydrogens is 224 g/mol. The Hall–Kier alpha value is -2.29. The van der Waals surface area contributed by atoms with Crippen molar-refractivity contribution in [2.24, 2.45) is 12.8 Å². The summed E-state index contributed by atoms with van der Waals surface area (Å²) in [5.74, 6) is -0.0345. The van der Waals surface area contributed by atoms with Crippen LogP contribution in [0.3, 0.4) is 0 Å². The molecule has 0 radical (unpaired) electrons. The first-order chi connectivity index (χ1) is 8.20. The first kappa shape index (κ1) is 11.2. The maximum atomic E-state index is 11.7. The predicted molar refractivity (Wildman–Crippen MR) is 58.0 cm³/mol. The van der Waals surface area contributed by atoms with Gasteiger partial charge in [0.05, 0.1) is 12.7 Å². The fourth-order valence-corrected chi connectivity index (χ4v) is 1.22. The third-order valence-electron chi connectivity index (χ3n) is 2.07. The average Bonchev–Trinajstić information content (AvgIpc) is 2.90. The minimum atomic E-state index is -0.385. The molecule has 90 valence electrons. The Labute approximate surface area is 96.6 Å². The Morgan fingerprint density at radius 1 is 1.59 bits per heavy atom. The van der Waals surface area contributed by atoms with Crippen molar-refractivity contribution in [2.75, 3.05) is 11.9 Å². The molecule has 0 aliphatic rings. The van der Waals surface area contributed by atoms with Crippen molar-refractivity contribution in [1.29, 1.82) is 0 Å². The average molecular weight is 236 g/mol. The summed E-state index contributed by atoms with van der Waals surface area (Å²) in [6.07, 6.45) is 2.87. The SMILES string of the molecule is Cn1ncnc1NC(=O)c1cn(CCN)nn1. The second-order valence-electron chi connectivity index (χ2n) is 3.32. The minimum absolute atomic E-state index is 0.210. The van der Waals surface area contributed by atoms with Crippen LogP contribution < -0.4 is 11.1 Å². The number of nitrogens with two attached hydrogens (primary N) is 1. The number of amides is 1. The van der Waals surface area contributed by atoms with E-state index < -0.39 is 0 Å². The van der Waals surface area contributed by atoms with Crippen molar-refractivity contribution in [3.63, 3.8) is 0 Å². The van der Waals surface area contributed by atoms with E-state index in [1.807, 2.05) is 0 Å². The Bertz CT molecular complexity index is 515. The summed E-state index contributed by atoms with van der Waals surface area (Å²) < 4.78 is 2.95. The summed E-state index contributed by atoms with van der Waals surface area (Å²) in [6, 6.07) is 0. The zero-order chi connectivity index (χ0) is 12.3. The van der Waals surface area contributed by atoms with E-state index in [0.29, 0.717) is 19.0 Å². The summed E-state index contributed by atoms with van der Waals surface area (Å²) in [4.78, 5) is 15.6. The fraction of sp³-hybridized carbons (Fsp3) is 0.375. The van der Waals surface area contributed by atoms with Gasteiger partial charge in [-0.05, 0) is 0 Å². The van der Waals surface area contributed by atoms with E-state index in [1.165, 1.54) is 21.9 Å². The number of hydrogen-bond donors (Lipinski definition) is 2. The molecule has 0 aliphatic carbocycles. The van der Waals surface area contributed by atoms with Crippen LogP contribution in [0.1, 0.15) is 10.5 Å². The second kappa shape index (κ2) is 4.70. The van der Waals surface area contributed by atoms with Gasteiger partial charge < -0.3 is 5.73 Å². The molecule has 1 amide bonds. The Morgan fingerprint density at radius 2 is 2.41 bits per heavy atom. The van der Waals surface area contributed by atoms with Crippen LogP contribution in [-0.4, -0.2) is 42.2 Å². The highest BCUT2D eigenvalue weighted by atomic mass is 16.2. The highest BCUT2D eigenvalue weighted by Crippen LogP contribution is 2.01. The van der Waals surface area contributed by atoms with Crippen LogP contribution >= 0.6 is 0 Å². The molecule has 0 fully saturated rings. The molecule has 0 atom stereocenters. The van der Waals surface area contributed by atoms with Gasteiger partial charge in [0.1, 0.15) is 6.33 Å². The van der Waals surface area contributed by atoms with Gasteiger partial charge in [0.15, 0.2) is 5.69 Å². The van der Waals surface area contributed by atoms with Crippen LogP contribution in [0.4, 0.5) is 5.95 Å². The Morgan fingerprint density at radius 3 is 3.06 bits per heavy atom. The lowest BCUT2D eigenvalue weighted by molar-refractivity contribution is 0.102. The molecule has 0 saturated heterocycles. The van der Waals surface area contributed by atoms with Crippen molar-refractivity contribution < 1.29 is 4.79 Å². The van der Waals surface area contributed by atoms with Gasteiger partial charge in [-0.1, -0.05) is 5.21 Å². The number of nitrogens with one attached hydrogen (secondary N) is 1. The lowest BCUT2D eigenvalue weighted by Crippen LogP contribution is -2.16. The normalized spacial score (nSPS) is 10.5. The summed E-state index contributed by atoms with van der Waals surface area (Å²) in [5.41, 5.74) is 5.57. The van der Waals surface area contributed by atoms with Gasteiger partial charge in [0.25, 0.3) is 5.91 Å². The summed E-state index contributed by atoms with van der Waals surface area (Å²) in [5, 5.41) is 13.9. The first-order valence-electron chi connectivity index (χ1n) is 4.96. The van der Waals surface area contributed by atoms with Crippen molar-refractivity contribution >= 4 is 11.9 Å². The summed E-state index contributed by atoms with van der Waals surface area (Å²) in [6.45, 7) is 0.956. The first-order valence-corrected chi connectivity index (χ1v) is 4.96. The Kier molecular flexibility index (Phi) is 3.10. The largest absolute Gasteiger partial charge is 0.329 e. The molecule has 0 spiro atoms. The number of hydrogen-bond acceptors (Lipinski definition) is 6. The molecular formula is C8H12N8O. The number of aryl methyl sites for hydroxylation is 1. The number of carbonyl (C=O) groups is 1. The maximum Gasteiger partial charge on any atom is 0.280 e.